The van der Waals surface area contributed by atoms with Crippen LogP contribution in [0.15, 0.2) is 48.8 Å². The van der Waals surface area contributed by atoms with Crippen LogP contribution in [0.2, 0.25) is 0 Å². The van der Waals surface area contributed by atoms with E-state index in [-0.39, 0.29) is 35.7 Å². The molecule has 0 saturated heterocycles. The molecule has 1 aliphatic heterocycles. The van der Waals surface area contributed by atoms with Crippen molar-refractivity contribution >= 4 is 40.8 Å². The maximum atomic E-state index is 12.9. The standard InChI is InChI=1S/C24H21F3N6O4/c1-12-5-6-13(22(36)30-16-4-2-3-15(9-16)24(25,26)27)7-17(12)31-18(34)8-14-10-33-11-29-19(20(28)35)21(33)32-23(14)37/h2-7,9,11,14H,8,10H2,1H3,(H2,28,35)(H,30,36)(H,31,34)(H,32,37). The minimum atomic E-state index is -4.55. The number of fused-ring (bicyclic) bond motifs is 1. The van der Waals surface area contributed by atoms with Gasteiger partial charge in [-0.3, -0.25) is 19.2 Å². The Bertz CT molecular complexity index is 1420. The maximum absolute atomic E-state index is 12.9. The molecule has 1 unspecified atom stereocenters. The Labute approximate surface area is 208 Å². The molecule has 1 aliphatic rings. The largest absolute Gasteiger partial charge is 0.416 e. The summed E-state index contributed by atoms with van der Waals surface area (Å²) in [7, 11) is 0. The van der Waals surface area contributed by atoms with Crippen LogP contribution in [0.3, 0.4) is 0 Å². The van der Waals surface area contributed by atoms with Crippen LogP contribution in [-0.4, -0.2) is 33.2 Å². The molecule has 0 spiro atoms. The first-order valence-electron chi connectivity index (χ1n) is 11.0. The molecule has 3 aromatic rings. The van der Waals surface area contributed by atoms with Crippen LogP contribution in [0.5, 0.6) is 0 Å². The van der Waals surface area contributed by atoms with E-state index in [0.717, 1.165) is 12.1 Å². The number of aryl methyl sites for hydroxylation is 1. The molecule has 2 heterocycles. The van der Waals surface area contributed by atoms with Gasteiger partial charge >= 0.3 is 6.18 Å². The van der Waals surface area contributed by atoms with Crippen molar-refractivity contribution in [3.8, 4) is 0 Å². The number of hydrogen-bond acceptors (Lipinski definition) is 5. The Morgan fingerprint density at radius 3 is 2.62 bits per heavy atom. The Hall–Kier alpha value is -4.68. The lowest BCUT2D eigenvalue weighted by molar-refractivity contribution is -0.137. The predicted molar refractivity (Wildman–Crippen MR) is 127 cm³/mol. The van der Waals surface area contributed by atoms with E-state index >= 15 is 0 Å². The van der Waals surface area contributed by atoms with Crippen LogP contribution in [-0.2, 0) is 22.3 Å². The number of carbonyl (C=O) groups excluding carboxylic acids is 4. The number of rotatable bonds is 6. The molecule has 0 bridgehead atoms. The zero-order valence-electron chi connectivity index (χ0n) is 19.3. The summed E-state index contributed by atoms with van der Waals surface area (Å²) in [6, 6.07) is 8.67. The number of hydrogen-bond donors (Lipinski definition) is 4. The van der Waals surface area contributed by atoms with E-state index in [1.54, 1.807) is 13.0 Å². The molecule has 0 saturated carbocycles. The van der Waals surface area contributed by atoms with Gasteiger partial charge in [0.1, 0.15) is 5.82 Å². The molecule has 4 amide bonds. The van der Waals surface area contributed by atoms with E-state index in [2.05, 4.69) is 20.9 Å². The van der Waals surface area contributed by atoms with Gasteiger partial charge in [0, 0.05) is 29.9 Å². The second-order valence-electron chi connectivity index (χ2n) is 8.46. The van der Waals surface area contributed by atoms with Crippen molar-refractivity contribution in [3.63, 3.8) is 0 Å². The summed E-state index contributed by atoms with van der Waals surface area (Å²) in [6.07, 6.45) is -3.41. The van der Waals surface area contributed by atoms with Crippen molar-refractivity contribution in [2.24, 2.45) is 11.7 Å². The van der Waals surface area contributed by atoms with Gasteiger partial charge in [-0.25, -0.2) is 4.98 Å². The minimum Gasteiger partial charge on any atom is -0.364 e. The van der Waals surface area contributed by atoms with Gasteiger partial charge in [0.25, 0.3) is 11.8 Å². The van der Waals surface area contributed by atoms with E-state index in [9.17, 15) is 32.3 Å². The lowest BCUT2D eigenvalue weighted by Crippen LogP contribution is -2.36. The monoisotopic (exact) mass is 514 g/mol. The molecule has 5 N–H and O–H groups in total. The molecule has 10 nitrogen and oxygen atoms in total. The fourth-order valence-corrected chi connectivity index (χ4v) is 3.83. The molecule has 13 heteroatoms. The molecule has 4 rings (SSSR count). The first kappa shape index (κ1) is 25.4. The second kappa shape index (κ2) is 9.76. The Balaban J connectivity index is 1.43. The summed E-state index contributed by atoms with van der Waals surface area (Å²) in [5, 5.41) is 7.62. The molecule has 1 aromatic heterocycles. The van der Waals surface area contributed by atoms with Gasteiger partial charge < -0.3 is 26.3 Å². The van der Waals surface area contributed by atoms with Gasteiger partial charge in [0.2, 0.25) is 11.8 Å². The highest BCUT2D eigenvalue weighted by atomic mass is 19.4. The summed E-state index contributed by atoms with van der Waals surface area (Å²) in [5.41, 5.74) is 5.26. The summed E-state index contributed by atoms with van der Waals surface area (Å²) in [6.45, 7) is 1.80. The van der Waals surface area contributed by atoms with Crippen molar-refractivity contribution in [1.29, 1.82) is 0 Å². The second-order valence-corrected chi connectivity index (χ2v) is 8.46. The Morgan fingerprint density at radius 1 is 1.16 bits per heavy atom. The lowest BCUT2D eigenvalue weighted by atomic mass is 10.0. The fraction of sp³-hybridized carbons (Fsp3) is 0.208. The molecule has 1 atom stereocenters. The highest BCUT2D eigenvalue weighted by Crippen LogP contribution is 2.31. The van der Waals surface area contributed by atoms with E-state index in [1.807, 2.05) is 0 Å². The van der Waals surface area contributed by atoms with Crippen LogP contribution < -0.4 is 21.7 Å². The number of carbonyl (C=O) groups is 4. The third kappa shape index (κ3) is 5.60. The lowest BCUT2D eigenvalue weighted by Gasteiger charge is -2.24. The molecule has 2 aromatic carbocycles. The van der Waals surface area contributed by atoms with Crippen molar-refractivity contribution in [2.75, 3.05) is 16.0 Å². The predicted octanol–water partition coefficient (Wildman–Crippen LogP) is 3.16. The zero-order valence-corrected chi connectivity index (χ0v) is 19.3. The van der Waals surface area contributed by atoms with Crippen molar-refractivity contribution in [3.05, 3.63) is 71.2 Å². The van der Waals surface area contributed by atoms with E-state index in [0.29, 0.717) is 11.3 Å². The summed E-state index contributed by atoms with van der Waals surface area (Å²) >= 11 is 0. The van der Waals surface area contributed by atoms with Gasteiger partial charge in [0.15, 0.2) is 5.69 Å². The highest BCUT2D eigenvalue weighted by molar-refractivity contribution is 6.06. The quantitative estimate of drug-likeness (QED) is 0.399. The van der Waals surface area contributed by atoms with Crippen molar-refractivity contribution in [1.82, 2.24) is 9.55 Å². The Morgan fingerprint density at radius 2 is 1.92 bits per heavy atom. The smallest absolute Gasteiger partial charge is 0.364 e. The highest BCUT2D eigenvalue weighted by Gasteiger charge is 2.32. The number of nitrogens with two attached hydrogens (primary N) is 1. The molecule has 0 aliphatic carbocycles. The molecule has 0 fully saturated rings. The average molecular weight is 514 g/mol. The van der Waals surface area contributed by atoms with E-state index < -0.39 is 41.3 Å². The number of nitrogens with zero attached hydrogens (tertiary/aromatic N) is 2. The summed E-state index contributed by atoms with van der Waals surface area (Å²) in [5.74, 6) is -3.02. The van der Waals surface area contributed by atoms with Crippen molar-refractivity contribution < 1.29 is 32.3 Å². The van der Waals surface area contributed by atoms with Crippen LogP contribution in [0, 0.1) is 12.8 Å². The minimum absolute atomic E-state index is 0.0346. The summed E-state index contributed by atoms with van der Waals surface area (Å²) < 4.78 is 40.4. The number of aromatic nitrogens is 2. The summed E-state index contributed by atoms with van der Waals surface area (Å²) in [4.78, 5) is 53.1. The number of benzene rings is 2. The SMILES string of the molecule is Cc1ccc(C(=O)Nc2cccc(C(F)(F)F)c2)cc1NC(=O)CC1Cn2cnc(C(N)=O)c2NC1=O. The molecule has 192 valence electrons. The molecular weight excluding hydrogens is 493 g/mol. The van der Waals surface area contributed by atoms with Crippen LogP contribution in [0.25, 0.3) is 0 Å². The molecule has 0 radical (unpaired) electrons. The molecular formula is C24H21F3N6O4. The van der Waals surface area contributed by atoms with Crippen LogP contribution in [0.1, 0.15) is 38.4 Å². The third-order valence-corrected chi connectivity index (χ3v) is 5.75. The normalized spacial score (nSPS) is 14.9. The Kier molecular flexibility index (Phi) is 6.70. The number of imidazole rings is 1. The van der Waals surface area contributed by atoms with Gasteiger partial charge in [0.05, 0.1) is 17.8 Å². The number of primary amides is 1. The first-order chi connectivity index (χ1) is 17.4. The number of anilines is 3. The number of amides is 4. The van der Waals surface area contributed by atoms with Crippen molar-refractivity contribution in [2.45, 2.75) is 26.1 Å². The topological polar surface area (TPSA) is 148 Å². The van der Waals surface area contributed by atoms with Gasteiger partial charge in [-0.1, -0.05) is 12.1 Å². The van der Waals surface area contributed by atoms with Crippen LogP contribution >= 0.6 is 0 Å². The number of nitrogens with one attached hydrogen (secondary N) is 3. The first-order valence-corrected chi connectivity index (χ1v) is 11.0. The third-order valence-electron chi connectivity index (χ3n) is 5.75. The van der Waals surface area contributed by atoms with Gasteiger partial charge in [-0.05, 0) is 42.8 Å². The maximum Gasteiger partial charge on any atom is 0.416 e. The van der Waals surface area contributed by atoms with Gasteiger partial charge in [-0.15, -0.1) is 0 Å². The van der Waals surface area contributed by atoms with Gasteiger partial charge in [-0.2, -0.15) is 13.2 Å². The van der Waals surface area contributed by atoms with E-state index in [4.69, 9.17) is 5.73 Å². The zero-order chi connectivity index (χ0) is 26.9. The fourth-order valence-electron chi connectivity index (χ4n) is 3.83. The average Bonchev–Trinajstić information content (AvgIpc) is 3.23. The molecule has 37 heavy (non-hydrogen) atoms. The van der Waals surface area contributed by atoms with Crippen LogP contribution in [0.4, 0.5) is 30.4 Å². The number of alkyl halides is 3. The number of halogens is 3. The van der Waals surface area contributed by atoms with E-state index in [1.165, 1.54) is 35.2 Å².